The number of carbonyl (C=O) groups is 1. The quantitative estimate of drug-likeness (QED) is 0.630. The molecule has 19 heavy (non-hydrogen) atoms. The van der Waals surface area contributed by atoms with Crippen molar-refractivity contribution < 1.29 is 22.8 Å². The number of nitrogens with one attached hydrogen (secondary N) is 1. The molecule has 1 rings (SSSR count). The summed E-state index contributed by atoms with van der Waals surface area (Å²) in [5.41, 5.74) is 0.282. The van der Waals surface area contributed by atoms with Gasteiger partial charge in [0.05, 0.1) is 24.2 Å². The van der Waals surface area contributed by atoms with E-state index in [9.17, 15) is 13.2 Å². The Morgan fingerprint density at radius 2 is 1.84 bits per heavy atom. The Balaban J connectivity index is 2.76. The van der Waals surface area contributed by atoms with E-state index in [4.69, 9.17) is 4.84 Å². The fourth-order valence-electron chi connectivity index (χ4n) is 1.21. The number of benzene rings is 1. The van der Waals surface area contributed by atoms with Gasteiger partial charge in [-0.15, -0.1) is 0 Å². The Bertz CT molecular complexity index is 522. The molecule has 0 saturated carbocycles. The normalized spacial score (nSPS) is 11.6. The van der Waals surface area contributed by atoms with Crippen LogP contribution in [0, 0.1) is 5.92 Å². The third-order valence-electron chi connectivity index (χ3n) is 2.17. The van der Waals surface area contributed by atoms with E-state index in [0.29, 0.717) is 0 Å². The molecule has 0 bridgehead atoms. The molecule has 0 heterocycles. The van der Waals surface area contributed by atoms with Gasteiger partial charge in [0.2, 0.25) is 0 Å². The smallest absolute Gasteiger partial charge is 0.337 e. The molecule has 0 atom stereocenters. The maximum Gasteiger partial charge on any atom is 0.337 e. The fourth-order valence-corrected chi connectivity index (χ4v) is 2.03. The summed E-state index contributed by atoms with van der Waals surface area (Å²) in [6, 6.07) is 5.38. The van der Waals surface area contributed by atoms with Crippen LogP contribution in [0.5, 0.6) is 0 Å². The summed E-state index contributed by atoms with van der Waals surface area (Å²) >= 11 is 0. The number of methoxy groups -OCH3 is 1. The summed E-state index contributed by atoms with van der Waals surface area (Å²) in [5, 5.41) is 0. The van der Waals surface area contributed by atoms with Crippen molar-refractivity contribution in [1.82, 2.24) is 4.89 Å². The number of sulfonamides is 1. The van der Waals surface area contributed by atoms with E-state index in [2.05, 4.69) is 4.74 Å². The van der Waals surface area contributed by atoms with Crippen LogP contribution in [0.25, 0.3) is 0 Å². The molecule has 0 fully saturated rings. The lowest BCUT2D eigenvalue weighted by molar-refractivity contribution is 0.0600. The molecule has 7 heteroatoms. The molecule has 0 aliphatic heterocycles. The molecule has 0 spiro atoms. The van der Waals surface area contributed by atoms with Crippen molar-refractivity contribution in [3.8, 4) is 0 Å². The summed E-state index contributed by atoms with van der Waals surface area (Å²) < 4.78 is 28.1. The summed E-state index contributed by atoms with van der Waals surface area (Å²) in [7, 11) is -2.47. The van der Waals surface area contributed by atoms with Gasteiger partial charge in [0.25, 0.3) is 10.0 Å². The maximum absolute atomic E-state index is 11.8. The van der Waals surface area contributed by atoms with E-state index in [0.717, 1.165) is 0 Å². The van der Waals surface area contributed by atoms with Crippen LogP contribution in [-0.2, 0) is 19.6 Å². The second-order valence-electron chi connectivity index (χ2n) is 4.31. The third kappa shape index (κ3) is 4.62. The highest BCUT2D eigenvalue weighted by Gasteiger charge is 2.15. The van der Waals surface area contributed by atoms with Crippen molar-refractivity contribution in [2.24, 2.45) is 5.92 Å². The van der Waals surface area contributed by atoms with Gasteiger partial charge in [0, 0.05) is 0 Å². The Morgan fingerprint density at radius 3 is 2.32 bits per heavy atom. The molecule has 0 aromatic heterocycles. The van der Waals surface area contributed by atoms with Crippen LogP contribution in [0.15, 0.2) is 29.2 Å². The van der Waals surface area contributed by atoms with Crippen LogP contribution in [0.3, 0.4) is 0 Å². The second kappa shape index (κ2) is 6.65. The van der Waals surface area contributed by atoms with Crippen LogP contribution >= 0.6 is 0 Å². The predicted molar refractivity (Wildman–Crippen MR) is 68.9 cm³/mol. The van der Waals surface area contributed by atoms with Crippen molar-refractivity contribution >= 4 is 16.0 Å². The van der Waals surface area contributed by atoms with Crippen LogP contribution < -0.4 is 4.89 Å². The predicted octanol–water partition coefficient (Wildman–Crippen LogP) is 1.34. The van der Waals surface area contributed by atoms with E-state index in [1.165, 1.54) is 31.4 Å². The number of esters is 1. The summed E-state index contributed by atoms with van der Waals surface area (Å²) in [6.07, 6.45) is 0. The average Bonchev–Trinajstić information content (AvgIpc) is 2.37. The lowest BCUT2D eigenvalue weighted by Gasteiger charge is -2.09. The Morgan fingerprint density at radius 1 is 1.26 bits per heavy atom. The van der Waals surface area contributed by atoms with Crippen molar-refractivity contribution in [2.75, 3.05) is 13.7 Å². The average molecular weight is 287 g/mol. The van der Waals surface area contributed by atoms with Crippen LogP contribution in [0.2, 0.25) is 0 Å². The number of ether oxygens (including phenoxy) is 1. The zero-order valence-corrected chi connectivity index (χ0v) is 11.9. The minimum absolute atomic E-state index is 0.0175. The number of rotatable bonds is 6. The first-order valence-electron chi connectivity index (χ1n) is 5.69. The number of hydrogen-bond acceptors (Lipinski definition) is 5. The van der Waals surface area contributed by atoms with Crippen molar-refractivity contribution in [3.05, 3.63) is 29.8 Å². The molecule has 0 amide bonds. The van der Waals surface area contributed by atoms with E-state index < -0.39 is 16.0 Å². The molecule has 6 nitrogen and oxygen atoms in total. The maximum atomic E-state index is 11.8. The SMILES string of the molecule is COC(=O)c1ccc(S(=O)(=O)NOCC(C)C)cc1. The lowest BCUT2D eigenvalue weighted by Crippen LogP contribution is -2.25. The summed E-state index contributed by atoms with van der Waals surface area (Å²) in [4.78, 5) is 18.1. The van der Waals surface area contributed by atoms with E-state index in [1.807, 2.05) is 18.7 Å². The zero-order chi connectivity index (χ0) is 14.5. The van der Waals surface area contributed by atoms with Gasteiger partial charge in [-0.3, -0.25) is 4.84 Å². The van der Waals surface area contributed by atoms with E-state index >= 15 is 0 Å². The molecule has 0 aliphatic rings. The standard InChI is InChI=1S/C12H17NO5S/c1-9(2)8-18-13-19(15,16)11-6-4-10(5-7-11)12(14)17-3/h4-7,9,13H,8H2,1-3H3. The monoisotopic (exact) mass is 287 g/mol. The Kier molecular flexibility index (Phi) is 5.46. The van der Waals surface area contributed by atoms with Crippen molar-refractivity contribution in [1.29, 1.82) is 0 Å². The topological polar surface area (TPSA) is 81.7 Å². The van der Waals surface area contributed by atoms with Gasteiger partial charge < -0.3 is 4.74 Å². The van der Waals surface area contributed by atoms with Gasteiger partial charge in [0.1, 0.15) is 0 Å². The van der Waals surface area contributed by atoms with Crippen LogP contribution in [0.4, 0.5) is 0 Å². The number of carbonyl (C=O) groups excluding carboxylic acids is 1. The van der Waals surface area contributed by atoms with Crippen molar-refractivity contribution in [2.45, 2.75) is 18.7 Å². The van der Waals surface area contributed by atoms with Gasteiger partial charge in [0.15, 0.2) is 0 Å². The van der Waals surface area contributed by atoms with Gasteiger partial charge in [-0.2, -0.15) is 0 Å². The van der Waals surface area contributed by atoms with Crippen molar-refractivity contribution in [3.63, 3.8) is 0 Å². The Labute approximate surface area is 112 Å². The van der Waals surface area contributed by atoms with E-state index in [-0.39, 0.29) is 23.0 Å². The first-order chi connectivity index (χ1) is 8.86. The molecule has 1 N–H and O–H groups in total. The molecule has 0 radical (unpaired) electrons. The minimum Gasteiger partial charge on any atom is -0.465 e. The summed E-state index contributed by atoms with van der Waals surface area (Å²) in [6.45, 7) is 4.08. The molecule has 1 aromatic carbocycles. The molecule has 0 aliphatic carbocycles. The molecular weight excluding hydrogens is 270 g/mol. The van der Waals surface area contributed by atoms with Crippen LogP contribution in [0.1, 0.15) is 24.2 Å². The molecule has 106 valence electrons. The summed E-state index contributed by atoms with van der Waals surface area (Å²) in [5.74, 6) is -0.308. The minimum atomic E-state index is -3.73. The number of hydrogen-bond donors (Lipinski definition) is 1. The van der Waals surface area contributed by atoms with Gasteiger partial charge in [-0.25, -0.2) is 13.2 Å². The lowest BCUT2D eigenvalue weighted by atomic mass is 10.2. The highest BCUT2D eigenvalue weighted by atomic mass is 32.2. The van der Waals surface area contributed by atoms with Gasteiger partial charge in [-0.1, -0.05) is 18.7 Å². The molecule has 1 aromatic rings. The first-order valence-corrected chi connectivity index (χ1v) is 7.17. The first kappa shape index (κ1) is 15.6. The fraction of sp³-hybridized carbons (Fsp3) is 0.417. The largest absolute Gasteiger partial charge is 0.465 e. The Hall–Kier alpha value is -1.44. The molecule has 0 unspecified atom stereocenters. The van der Waals surface area contributed by atoms with Gasteiger partial charge in [-0.05, 0) is 30.2 Å². The highest BCUT2D eigenvalue weighted by molar-refractivity contribution is 7.89. The molecular formula is C12H17NO5S. The van der Waals surface area contributed by atoms with Crippen LogP contribution in [-0.4, -0.2) is 28.1 Å². The third-order valence-corrected chi connectivity index (χ3v) is 3.40. The molecule has 0 saturated heterocycles. The highest BCUT2D eigenvalue weighted by Crippen LogP contribution is 2.11. The zero-order valence-electron chi connectivity index (χ0n) is 11.0. The second-order valence-corrected chi connectivity index (χ2v) is 5.95. The van der Waals surface area contributed by atoms with Gasteiger partial charge >= 0.3 is 5.97 Å². The van der Waals surface area contributed by atoms with E-state index in [1.54, 1.807) is 0 Å².